The number of aryl methyl sites for hydroxylation is 1. The van der Waals surface area contributed by atoms with Crippen molar-refractivity contribution in [3.8, 4) is 5.82 Å². The Kier molecular flexibility index (Phi) is 5.51. The van der Waals surface area contributed by atoms with Crippen LogP contribution in [0.5, 0.6) is 0 Å². The second-order valence-corrected chi connectivity index (χ2v) is 7.83. The molecule has 5 aromatic rings. The highest BCUT2D eigenvalue weighted by Crippen LogP contribution is 2.26. The molecule has 1 amide bonds. The maximum atomic E-state index is 13.4. The number of aromatic nitrogens is 3. The van der Waals surface area contributed by atoms with Crippen molar-refractivity contribution in [1.82, 2.24) is 14.8 Å². The lowest BCUT2D eigenvalue weighted by atomic mass is 10.0. The Morgan fingerprint density at radius 3 is 2.50 bits per heavy atom. The molecule has 0 fully saturated rings. The van der Waals surface area contributed by atoms with Gasteiger partial charge >= 0.3 is 5.97 Å². The number of hydrogen-bond acceptors (Lipinski definition) is 5. The SMILES string of the molecule is CCOC(=O)c1cnn(-c2cc(C)c3ccccc3n2)c1NC(=O)c1cccc2ccccc12. The van der Waals surface area contributed by atoms with E-state index in [9.17, 15) is 9.59 Å². The Bertz CT molecular complexity index is 1550. The number of esters is 1. The summed E-state index contributed by atoms with van der Waals surface area (Å²) < 4.78 is 6.67. The fourth-order valence-corrected chi connectivity index (χ4v) is 4.04. The number of amides is 1. The number of carbonyl (C=O) groups excluding carboxylic acids is 2. The number of rotatable bonds is 5. The number of para-hydroxylation sites is 1. The smallest absolute Gasteiger partial charge is 0.343 e. The maximum absolute atomic E-state index is 13.4. The molecule has 0 spiro atoms. The van der Waals surface area contributed by atoms with Crippen LogP contribution in [-0.2, 0) is 4.74 Å². The highest BCUT2D eigenvalue weighted by atomic mass is 16.5. The van der Waals surface area contributed by atoms with E-state index in [1.165, 1.54) is 10.9 Å². The minimum atomic E-state index is -0.570. The molecule has 0 bridgehead atoms. The van der Waals surface area contributed by atoms with Gasteiger partial charge in [-0.25, -0.2) is 9.78 Å². The van der Waals surface area contributed by atoms with Gasteiger partial charge in [0.25, 0.3) is 5.91 Å². The summed E-state index contributed by atoms with van der Waals surface area (Å²) in [6, 6.07) is 22.8. The molecule has 0 saturated carbocycles. The topological polar surface area (TPSA) is 86.1 Å². The predicted octanol–water partition coefficient (Wildman–Crippen LogP) is 5.31. The first-order valence-electron chi connectivity index (χ1n) is 11.0. The van der Waals surface area contributed by atoms with Gasteiger partial charge in [0.05, 0.1) is 18.3 Å². The van der Waals surface area contributed by atoms with E-state index in [0.29, 0.717) is 11.4 Å². The maximum Gasteiger partial charge on any atom is 0.343 e. The zero-order valence-corrected chi connectivity index (χ0v) is 18.8. The van der Waals surface area contributed by atoms with E-state index in [-0.39, 0.29) is 23.9 Å². The zero-order valence-electron chi connectivity index (χ0n) is 18.8. The average molecular weight is 450 g/mol. The van der Waals surface area contributed by atoms with E-state index in [0.717, 1.165) is 27.2 Å². The molecular weight excluding hydrogens is 428 g/mol. The van der Waals surface area contributed by atoms with Crippen LogP contribution < -0.4 is 5.32 Å². The van der Waals surface area contributed by atoms with E-state index in [2.05, 4.69) is 10.4 Å². The Morgan fingerprint density at radius 1 is 0.941 bits per heavy atom. The van der Waals surface area contributed by atoms with Crippen LogP contribution in [0.1, 0.15) is 33.2 Å². The first-order valence-corrected chi connectivity index (χ1v) is 11.0. The number of pyridine rings is 1. The van der Waals surface area contributed by atoms with Gasteiger partial charge in [0, 0.05) is 10.9 Å². The van der Waals surface area contributed by atoms with Gasteiger partial charge in [0.15, 0.2) is 11.6 Å². The van der Waals surface area contributed by atoms with Crippen molar-refractivity contribution < 1.29 is 14.3 Å². The minimum Gasteiger partial charge on any atom is -0.462 e. The zero-order chi connectivity index (χ0) is 23.7. The van der Waals surface area contributed by atoms with Crippen LogP contribution in [0.15, 0.2) is 79.0 Å². The van der Waals surface area contributed by atoms with Gasteiger partial charge < -0.3 is 10.1 Å². The molecule has 0 atom stereocenters. The fourth-order valence-electron chi connectivity index (χ4n) is 4.04. The van der Waals surface area contributed by atoms with Crippen molar-refractivity contribution in [3.63, 3.8) is 0 Å². The minimum absolute atomic E-state index is 0.156. The quantitative estimate of drug-likeness (QED) is 0.367. The summed E-state index contributed by atoms with van der Waals surface area (Å²) in [7, 11) is 0. The van der Waals surface area contributed by atoms with Crippen molar-refractivity contribution in [1.29, 1.82) is 0 Å². The van der Waals surface area contributed by atoms with Crippen molar-refractivity contribution in [2.75, 3.05) is 11.9 Å². The second kappa shape index (κ2) is 8.78. The average Bonchev–Trinajstić information content (AvgIpc) is 3.27. The Hall–Kier alpha value is -4.52. The highest BCUT2D eigenvalue weighted by Gasteiger charge is 2.23. The Balaban J connectivity index is 1.63. The summed E-state index contributed by atoms with van der Waals surface area (Å²) in [5, 5.41) is 10.1. The molecule has 0 aliphatic heterocycles. The standard InChI is InChI=1S/C27H22N4O3/c1-3-34-27(33)22-16-28-31(24-15-17(2)19-11-6-7-14-23(19)29-24)25(22)30-26(32)21-13-8-10-18-9-4-5-12-20(18)21/h4-16H,3H2,1-2H3,(H,30,32). The predicted molar refractivity (Wildman–Crippen MR) is 131 cm³/mol. The summed E-state index contributed by atoms with van der Waals surface area (Å²) in [6.07, 6.45) is 1.39. The number of benzene rings is 3. The van der Waals surface area contributed by atoms with E-state index >= 15 is 0 Å². The Morgan fingerprint density at radius 2 is 1.68 bits per heavy atom. The monoisotopic (exact) mass is 450 g/mol. The molecule has 0 unspecified atom stereocenters. The van der Waals surface area contributed by atoms with E-state index < -0.39 is 5.97 Å². The van der Waals surface area contributed by atoms with Gasteiger partial charge in [-0.2, -0.15) is 9.78 Å². The summed E-state index contributed by atoms with van der Waals surface area (Å²) in [4.78, 5) is 30.8. The summed E-state index contributed by atoms with van der Waals surface area (Å²) in [5.41, 5.74) is 2.43. The molecule has 0 saturated heterocycles. The van der Waals surface area contributed by atoms with Crippen molar-refractivity contribution in [2.45, 2.75) is 13.8 Å². The van der Waals surface area contributed by atoms with E-state index in [1.807, 2.05) is 73.7 Å². The van der Waals surface area contributed by atoms with E-state index in [1.54, 1.807) is 13.0 Å². The van der Waals surface area contributed by atoms with Crippen molar-refractivity contribution in [3.05, 3.63) is 95.7 Å². The largest absolute Gasteiger partial charge is 0.462 e. The molecule has 0 aliphatic carbocycles. The number of carbonyl (C=O) groups is 2. The van der Waals surface area contributed by atoms with Gasteiger partial charge in [-0.15, -0.1) is 0 Å². The molecule has 3 aromatic carbocycles. The summed E-state index contributed by atoms with van der Waals surface area (Å²) >= 11 is 0. The van der Waals surface area contributed by atoms with Gasteiger partial charge in [-0.1, -0.05) is 54.6 Å². The second-order valence-electron chi connectivity index (χ2n) is 7.83. The van der Waals surface area contributed by atoms with Crippen molar-refractivity contribution >= 4 is 39.4 Å². The molecule has 0 aliphatic rings. The van der Waals surface area contributed by atoms with Gasteiger partial charge in [0.2, 0.25) is 0 Å². The molecule has 1 N–H and O–H groups in total. The number of fused-ring (bicyclic) bond motifs is 2. The van der Waals surface area contributed by atoms with Crippen LogP contribution in [0.3, 0.4) is 0 Å². The molecule has 34 heavy (non-hydrogen) atoms. The van der Waals surface area contributed by atoms with Crippen molar-refractivity contribution in [2.24, 2.45) is 0 Å². The number of ether oxygens (including phenoxy) is 1. The fraction of sp³-hybridized carbons (Fsp3) is 0.111. The third kappa shape index (κ3) is 3.77. The van der Waals surface area contributed by atoms with Gasteiger partial charge in [-0.05, 0) is 48.4 Å². The number of nitrogens with one attached hydrogen (secondary N) is 1. The molecule has 2 aromatic heterocycles. The number of hydrogen-bond donors (Lipinski definition) is 1. The van der Waals surface area contributed by atoms with Gasteiger partial charge in [0.1, 0.15) is 5.56 Å². The van der Waals surface area contributed by atoms with Crippen LogP contribution in [0.2, 0.25) is 0 Å². The normalized spacial score (nSPS) is 11.0. The molecule has 168 valence electrons. The van der Waals surface area contributed by atoms with Gasteiger partial charge in [-0.3, -0.25) is 4.79 Å². The van der Waals surface area contributed by atoms with E-state index in [4.69, 9.17) is 9.72 Å². The van der Waals surface area contributed by atoms with Crippen LogP contribution in [0.25, 0.3) is 27.5 Å². The number of nitrogens with zero attached hydrogens (tertiary/aromatic N) is 3. The Labute approximate surface area is 196 Å². The first-order chi connectivity index (χ1) is 16.6. The summed E-state index contributed by atoms with van der Waals surface area (Å²) in [5.74, 6) is -0.236. The van der Waals surface area contributed by atoms with Crippen LogP contribution in [0.4, 0.5) is 5.82 Å². The lowest BCUT2D eigenvalue weighted by Crippen LogP contribution is -2.18. The molecule has 7 nitrogen and oxygen atoms in total. The lowest BCUT2D eigenvalue weighted by Gasteiger charge is -2.13. The van der Waals surface area contributed by atoms with Crippen LogP contribution in [0, 0.1) is 6.92 Å². The highest BCUT2D eigenvalue weighted by molar-refractivity contribution is 6.14. The third-order valence-corrected chi connectivity index (χ3v) is 5.66. The molecule has 7 heteroatoms. The molecule has 2 heterocycles. The first kappa shape index (κ1) is 21.3. The molecule has 0 radical (unpaired) electrons. The van der Waals surface area contributed by atoms with Crippen LogP contribution >= 0.6 is 0 Å². The number of anilines is 1. The lowest BCUT2D eigenvalue weighted by molar-refractivity contribution is 0.0527. The molecule has 5 rings (SSSR count). The van der Waals surface area contributed by atoms with Crippen LogP contribution in [-0.4, -0.2) is 33.2 Å². The summed E-state index contributed by atoms with van der Waals surface area (Å²) in [6.45, 7) is 3.91. The third-order valence-electron chi connectivity index (χ3n) is 5.66. The molecular formula is C27H22N4O3.